The molecule has 0 bridgehead atoms. The van der Waals surface area contributed by atoms with Crippen LogP contribution >= 0.6 is 0 Å². The van der Waals surface area contributed by atoms with E-state index in [9.17, 15) is 18.4 Å². The van der Waals surface area contributed by atoms with Crippen molar-refractivity contribution in [2.24, 2.45) is 0 Å². The van der Waals surface area contributed by atoms with Crippen molar-refractivity contribution in [3.05, 3.63) is 46.8 Å². The minimum atomic E-state index is -0.742. The first kappa shape index (κ1) is 22.3. The van der Waals surface area contributed by atoms with Crippen molar-refractivity contribution < 1.29 is 23.1 Å². The molecule has 3 heterocycles. The average Bonchev–Trinajstić information content (AvgIpc) is 3.08. The van der Waals surface area contributed by atoms with Gasteiger partial charge in [0.05, 0.1) is 36.7 Å². The summed E-state index contributed by atoms with van der Waals surface area (Å²) in [5.74, 6) is -1.50. The predicted molar refractivity (Wildman–Crippen MR) is 113 cm³/mol. The molecule has 2 saturated heterocycles. The van der Waals surface area contributed by atoms with Crippen LogP contribution in [0.3, 0.4) is 0 Å². The fourth-order valence-electron chi connectivity index (χ4n) is 4.21. The summed E-state index contributed by atoms with van der Waals surface area (Å²) in [6, 6.07) is 3.26. The van der Waals surface area contributed by atoms with Crippen molar-refractivity contribution in [3.63, 3.8) is 0 Å². The smallest absolute Gasteiger partial charge is 0.257 e. The summed E-state index contributed by atoms with van der Waals surface area (Å²) >= 11 is 0. The molecule has 0 radical (unpaired) electrons. The molecule has 0 aliphatic carbocycles. The van der Waals surface area contributed by atoms with Gasteiger partial charge in [-0.05, 0) is 26.0 Å². The molecule has 2 amide bonds. The number of nitrogens with zero attached hydrogens (tertiary/aromatic N) is 5. The first-order valence-corrected chi connectivity index (χ1v) is 10.7. The Morgan fingerprint density at radius 3 is 2.34 bits per heavy atom. The van der Waals surface area contributed by atoms with Gasteiger partial charge in [-0.15, -0.1) is 0 Å². The van der Waals surface area contributed by atoms with Crippen LogP contribution in [0.5, 0.6) is 0 Å². The van der Waals surface area contributed by atoms with Crippen LogP contribution in [0, 0.1) is 25.5 Å². The van der Waals surface area contributed by atoms with Crippen LogP contribution in [0.4, 0.5) is 8.78 Å². The zero-order valence-corrected chi connectivity index (χ0v) is 18.3. The molecule has 32 heavy (non-hydrogen) atoms. The molecule has 2 fully saturated rings. The van der Waals surface area contributed by atoms with Crippen molar-refractivity contribution in [1.82, 2.24) is 24.5 Å². The van der Waals surface area contributed by atoms with Crippen LogP contribution in [-0.2, 0) is 9.53 Å². The maximum atomic E-state index is 14.3. The van der Waals surface area contributed by atoms with Crippen molar-refractivity contribution >= 4 is 11.8 Å². The van der Waals surface area contributed by atoms with Gasteiger partial charge in [0.15, 0.2) is 5.82 Å². The normalized spacial score (nSPS) is 17.6. The van der Waals surface area contributed by atoms with E-state index in [4.69, 9.17) is 4.74 Å². The first-order valence-electron chi connectivity index (χ1n) is 10.7. The molecule has 2 aliphatic rings. The number of hydrogen-bond donors (Lipinski definition) is 0. The number of benzene rings is 1. The lowest BCUT2D eigenvalue weighted by molar-refractivity contribution is -0.136. The number of carbonyl (C=O) groups excluding carboxylic acids is 2. The molecule has 0 unspecified atom stereocenters. The van der Waals surface area contributed by atoms with E-state index in [1.807, 2.05) is 4.90 Å². The molecule has 1 aromatic heterocycles. The summed E-state index contributed by atoms with van der Waals surface area (Å²) in [4.78, 5) is 31.3. The van der Waals surface area contributed by atoms with Crippen LogP contribution < -0.4 is 0 Å². The number of aromatic nitrogens is 2. The highest BCUT2D eigenvalue weighted by atomic mass is 19.1. The molecular formula is C22H27F2N5O3. The van der Waals surface area contributed by atoms with E-state index in [1.165, 1.54) is 10.7 Å². The summed E-state index contributed by atoms with van der Waals surface area (Å²) in [7, 11) is 0. The van der Waals surface area contributed by atoms with Gasteiger partial charge in [0.1, 0.15) is 11.5 Å². The van der Waals surface area contributed by atoms with Crippen LogP contribution in [0.1, 0.15) is 21.7 Å². The van der Waals surface area contributed by atoms with Crippen LogP contribution in [-0.4, -0.2) is 95.3 Å². The van der Waals surface area contributed by atoms with Crippen molar-refractivity contribution in [1.29, 1.82) is 0 Å². The van der Waals surface area contributed by atoms with Gasteiger partial charge in [-0.3, -0.25) is 14.5 Å². The topological polar surface area (TPSA) is 70.9 Å². The van der Waals surface area contributed by atoms with Crippen molar-refractivity contribution in [3.8, 4) is 5.69 Å². The largest absolute Gasteiger partial charge is 0.378 e. The van der Waals surface area contributed by atoms with E-state index in [0.717, 1.165) is 12.1 Å². The Morgan fingerprint density at radius 2 is 1.69 bits per heavy atom. The van der Waals surface area contributed by atoms with E-state index in [0.29, 0.717) is 76.0 Å². The van der Waals surface area contributed by atoms with Crippen LogP contribution in [0.15, 0.2) is 18.2 Å². The Labute approximate surface area is 185 Å². The van der Waals surface area contributed by atoms with E-state index < -0.39 is 11.6 Å². The van der Waals surface area contributed by atoms with Gasteiger partial charge in [-0.1, -0.05) is 0 Å². The molecule has 8 nitrogen and oxygen atoms in total. The summed E-state index contributed by atoms with van der Waals surface area (Å²) in [5.41, 5.74) is 1.51. The van der Waals surface area contributed by atoms with E-state index in [-0.39, 0.29) is 17.5 Å². The number of amides is 2. The lowest BCUT2D eigenvalue weighted by atomic mass is 10.1. The SMILES string of the molecule is Cc1nn(-c2ccc(F)cc2F)c(C)c1C(=O)N1CCN(CC(=O)N2CCOCC2)CC1. The molecule has 10 heteroatoms. The summed E-state index contributed by atoms with van der Waals surface area (Å²) in [6.45, 7) is 8.30. The number of piperazine rings is 1. The lowest BCUT2D eigenvalue weighted by Crippen LogP contribution is -2.52. The highest BCUT2D eigenvalue weighted by Gasteiger charge is 2.29. The van der Waals surface area contributed by atoms with Gasteiger partial charge in [-0.25, -0.2) is 13.5 Å². The molecule has 172 valence electrons. The average molecular weight is 447 g/mol. The Kier molecular flexibility index (Phi) is 6.52. The van der Waals surface area contributed by atoms with Crippen LogP contribution in [0.25, 0.3) is 5.69 Å². The second kappa shape index (κ2) is 9.33. The highest BCUT2D eigenvalue weighted by Crippen LogP contribution is 2.22. The quantitative estimate of drug-likeness (QED) is 0.709. The molecule has 4 rings (SSSR count). The summed E-state index contributed by atoms with van der Waals surface area (Å²) in [5, 5.41) is 4.33. The van der Waals surface area contributed by atoms with Gasteiger partial charge in [0, 0.05) is 45.3 Å². The molecular weight excluding hydrogens is 420 g/mol. The third kappa shape index (κ3) is 4.51. The fourth-order valence-corrected chi connectivity index (χ4v) is 4.21. The van der Waals surface area contributed by atoms with Crippen molar-refractivity contribution in [2.45, 2.75) is 13.8 Å². The first-order chi connectivity index (χ1) is 15.3. The van der Waals surface area contributed by atoms with Crippen LogP contribution in [0.2, 0.25) is 0 Å². The molecule has 2 aliphatic heterocycles. The second-order valence-electron chi connectivity index (χ2n) is 8.11. The molecule has 0 spiro atoms. The molecule has 2 aromatic rings. The van der Waals surface area contributed by atoms with Crippen molar-refractivity contribution in [2.75, 3.05) is 59.0 Å². The summed E-state index contributed by atoms with van der Waals surface area (Å²) in [6.07, 6.45) is 0. The van der Waals surface area contributed by atoms with Gasteiger partial charge < -0.3 is 14.5 Å². The zero-order chi connectivity index (χ0) is 22.8. The number of hydrogen-bond acceptors (Lipinski definition) is 5. The van der Waals surface area contributed by atoms with E-state index in [2.05, 4.69) is 10.00 Å². The summed E-state index contributed by atoms with van der Waals surface area (Å²) < 4.78 is 34.2. The maximum Gasteiger partial charge on any atom is 0.257 e. The molecule has 0 N–H and O–H groups in total. The lowest BCUT2D eigenvalue weighted by Gasteiger charge is -2.36. The Balaban J connectivity index is 1.41. The molecule has 0 atom stereocenters. The fraction of sp³-hybridized carbons (Fsp3) is 0.500. The van der Waals surface area contributed by atoms with Gasteiger partial charge in [0.2, 0.25) is 5.91 Å². The number of halogens is 2. The monoisotopic (exact) mass is 447 g/mol. The standard InChI is InChI=1S/C22H27F2N5O3/c1-15-21(16(2)29(25-15)19-4-3-17(23)13-18(19)24)22(31)28-7-5-26(6-8-28)14-20(30)27-9-11-32-12-10-27/h3-4,13H,5-12,14H2,1-2H3. The molecule has 0 saturated carbocycles. The maximum absolute atomic E-state index is 14.3. The number of aryl methyl sites for hydroxylation is 1. The van der Waals surface area contributed by atoms with E-state index >= 15 is 0 Å². The number of ether oxygens (including phenoxy) is 1. The minimum Gasteiger partial charge on any atom is -0.378 e. The third-order valence-electron chi connectivity index (χ3n) is 6.03. The zero-order valence-electron chi connectivity index (χ0n) is 18.3. The highest BCUT2D eigenvalue weighted by molar-refractivity contribution is 5.96. The van der Waals surface area contributed by atoms with Gasteiger partial charge in [-0.2, -0.15) is 5.10 Å². The van der Waals surface area contributed by atoms with Gasteiger partial charge >= 0.3 is 0 Å². The Morgan fingerprint density at radius 1 is 1.00 bits per heavy atom. The predicted octanol–water partition coefficient (Wildman–Crippen LogP) is 1.38. The van der Waals surface area contributed by atoms with Gasteiger partial charge in [0.25, 0.3) is 5.91 Å². The Bertz CT molecular complexity index is 1010. The number of morpholine rings is 1. The minimum absolute atomic E-state index is 0.0855. The number of rotatable bonds is 4. The van der Waals surface area contributed by atoms with E-state index in [1.54, 1.807) is 18.7 Å². The number of carbonyl (C=O) groups is 2. The second-order valence-corrected chi connectivity index (χ2v) is 8.11. The Hall–Kier alpha value is -2.85. The third-order valence-corrected chi connectivity index (χ3v) is 6.03. The molecule has 1 aromatic carbocycles.